The van der Waals surface area contributed by atoms with Crippen LogP contribution in [0, 0.1) is 6.92 Å². The molecule has 35 heavy (non-hydrogen) atoms. The van der Waals surface area contributed by atoms with Gasteiger partial charge in [0.1, 0.15) is 11.3 Å². The van der Waals surface area contributed by atoms with E-state index in [9.17, 15) is 9.90 Å². The molecule has 0 saturated carbocycles. The number of fused-ring (bicyclic) bond motifs is 2. The molecule has 0 bridgehead atoms. The van der Waals surface area contributed by atoms with Gasteiger partial charge in [-0.05, 0) is 29.9 Å². The van der Waals surface area contributed by atoms with Gasteiger partial charge in [0.2, 0.25) is 5.91 Å². The van der Waals surface area contributed by atoms with E-state index in [1.54, 1.807) is 19.0 Å². The normalized spacial score (nSPS) is 12.6. The second kappa shape index (κ2) is 8.48. The third kappa shape index (κ3) is 4.33. The molecule has 1 amide bonds. The monoisotopic (exact) mass is 475 g/mol. The minimum atomic E-state index is -0.163. The molecule has 0 unspecified atom stereocenters. The Morgan fingerprint density at radius 2 is 1.66 bits per heavy atom. The van der Waals surface area contributed by atoms with Crippen LogP contribution in [0.4, 0.5) is 0 Å². The first kappa shape index (κ1) is 24.9. The number of rotatable bonds is 4. The van der Waals surface area contributed by atoms with Crippen molar-refractivity contribution in [3.05, 3.63) is 58.8 Å². The summed E-state index contributed by atoms with van der Waals surface area (Å²) in [5.41, 5.74) is 8.14. The summed E-state index contributed by atoms with van der Waals surface area (Å²) < 4.78 is 4.11. The summed E-state index contributed by atoms with van der Waals surface area (Å²) in [5.74, 6) is 0.0315. The van der Waals surface area contributed by atoms with E-state index in [1.807, 2.05) is 22.9 Å². The maximum Gasteiger partial charge on any atom is 0.228 e. The highest BCUT2D eigenvalue weighted by molar-refractivity contribution is 5.79. The molecule has 7 heteroatoms. The summed E-state index contributed by atoms with van der Waals surface area (Å²) in [6.45, 7) is 15.0. The van der Waals surface area contributed by atoms with Gasteiger partial charge in [0, 0.05) is 54.6 Å². The lowest BCUT2D eigenvalue weighted by Crippen LogP contribution is -2.24. The van der Waals surface area contributed by atoms with E-state index < -0.39 is 0 Å². The molecule has 4 aromatic heterocycles. The summed E-state index contributed by atoms with van der Waals surface area (Å²) >= 11 is 0. The number of carbonyl (C=O) groups excluding carboxylic acids is 1. The maximum atomic E-state index is 12.6. The Bertz CT molecular complexity index is 1430. The van der Waals surface area contributed by atoms with Gasteiger partial charge in [-0.25, -0.2) is 9.97 Å². The van der Waals surface area contributed by atoms with Crippen molar-refractivity contribution in [3.63, 3.8) is 0 Å². The second-order valence-corrected chi connectivity index (χ2v) is 11.6. The Labute approximate surface area is 207 Å². The van der Waals surface area contributed by atoms with E-state index in [2.05, 4.69) is 65.0 Å². The lowest BCUT2D eigenvalue weighted by Gasteiger charge is -2.23. The first-order valence-electron chi connectivity index (χ1n) is 12.1. The summed E-state index contributed by atoms with van der Waals surface area (Å²) in [6, 6.07) is 6.22. The number of aryl methyl sites for hydroxylation is 1. The lowest BCUT2D eigenvalue weighted by atomic mass is 9.86. The molecule has 4 rings (SSSR count). The molecule has 0 fully saturated rings. The van der Waals surface area contributed by atoms with Crippen LogP contribution in [0.5, 0.6) is 0 Å². The first-order chi connectivity index (χ1) is 16.2. The number of hydrogen-bond donors (Lipinski definition) is 1. The van der Waals surface area contributed by atoms with Gasteiger partial charge >= 0.3 is 0 Å². The number of aromatic nitrogens is 4. The number of imidazole rings is 2. The highest BCUT2D eigenvalue weighted by Gasteiger charge is 2.26. The van der Waals surface area contributed by atoms with Crippen LogP contribution in [0.15, 0.2) is 30.6 Å². The van der Waals surface area contributed by atoms with Crippen molar-refractivity contribution in [2.24, 2.45) is 0 Å². The van der Waals surface area contributed by atoms with Crippen molar-refractivity contribution in [1.82, 2.24) is 23.7 Å². The van der Waals surface area contributed by atoms with Crippen LogP contribution in [-0.2, 0) is 28.7 Å². The zero-order valence-electron chi connectivity index (χ0n) is 22.4. The predicted molar refractivity (Wildman–Crippen MR) is 140 cm³/mol. The largest absolute Gasteiger partial charge is 0.390 e. The van der Waals surface area contributed by atoms with Gasteiger partial charge in [0.15, 0.2) is 0 Å². The molecule has 0 aliphatic rings. The van der Waals surface area contributed by atoms with Crippen LogP contribution in [0.25, 0.3) is 22.6 Å². The van der Waals surface area contributed by atoms with Crippen molar-refractivity contribution in [2.45, 2.75) is 72.3 Å². The van der Waals surface area contributed by atoms with Gasteiger partial charge in [-0.3, -0.25) is 9.20 Å². The molecule has 0 saturated heterocycles. The molecular weight excluding hydrogens is 438 g/mol. The fourth-order valence-corrected chi connectivity index (χ4v) is 4.60. The Morgan fingerprint density at radius 3 is 2.23 bits per heavy atom. The molecule has 0 radical (unpaired) electrons. The first-order valence-corrected chi connectivity index (χ1v) is 12.1. The third-order valence-corrected chi connectivity index (χ3v) is 6.67. The zero-order valence-corrected chi connectivity index (χ0v) is 22.4. The smallest absolute Gasteiger partial charge is 0.228 e. The number of carbonyl (C=O) groups is 1. The molecule has 1 N–H and O–H groups in total. The number of aliphatic hydroxyl groups excluding tert-OH is 1. The molecule has 0 aromatic carbocycles. The quantitative estimate of drug-likeness (QED) is 0.465. The van der Waals surface area contributed by atoms with Crippen molar-refractivity contribution in [3.8, 4) is 11.3 Å². The van der Waals surface area contributed by atoms with E-state index in [-0.39, 0.29) is 29.8 Å². The van der Waals surface area contributed by atoms with Gasteiger partial charge in [-0.1, -0.05) is 47.6 Å². The topological polar surface area (TPSA) is 75.1 Å². The maximum absolute atomic E-state index is 12.6. The van der Waals surface area contributed by atoms with Crippen molar-refractivity contribution in [1.29, 1.82) is 0 Å². The van der Waals surface area contributed by atoms with E-state index >= 15 is 0 Å². The van der Waals surface area contributed by atoms with Gasteiger partial charge in [-0.15, -0.1) is 0 Å². The summed E-state index contributed by atoms with van der Waals surface area (Å²) in [7, 11) is 3.54. The SMILES string of the molecule is Cc1c(-c2cn3c(CO)ccc(C(C)(C)C)c3n2)cc(C(C)(C)C)c2ncc(CC(=O)N(C)C)n12. The number of nitrogens with zero attached hydrogens (tertiary/aromatic N) is 5. The Balaban J connectivity index is 2.04. The molecule has 7 nitrogen and oxygen atoms in total. The molecule has 0 spiro atoms. The molecule has 4 heterocycles. The lowest BCUT2D eigenvalue weighted by molar-refractivity contribution is -0.128. The highest BCUT2D eigenvalue weighted by atomic mass is 16.3. The Morgan fingerprint density at radius 1 is 1.00 bits per heavy atom. The molecule has 0 aliphatic carbocycles. The van der Waals surface area contributed by atoms with Crippen molar-refractivity contribution < 1.29 is 9.90 Å². The predicted octanol–water partition coefficient (Wildman–Crippen LogP) is 4.68. The minimum absolute atomic E-state index is 0.0315. The molecule has 0 atom stereocenters. The molecule has 4 aromatic rings. The van der Waals surface area contributed by atoms with Crippen LogP contribution >= 0.6 is 0 Å². The molecule has 186 valence electrons. The van der Waals surface area contributed by atoms with Gasteiger partial charge in [-0.2, -0.15) is 0 Å². The fraction of sp³-hybridized carbons (Fsp3) is 0.464. The Kier molecular flexibility index (Phi) is 6.04. The van der Waals surface area contributed by atoms with E-state index in [1.165, 1.54) is 0 Å². The number of amides is 1. The van der Waals surface area contributed by atoms with E-state index in [4.69, 9.17) is 9.97 Å². The van der Waals surface area contributed by atoms with Gasteiger partial charge in [0.05, 0.1) is 24.4 Å². The average molecular weight is 476 g/mol. The zero-order chi connectivity index (χ0) is 25.9. The number of aliphatic hydroxyl groups is 1. The van der Waals surface area contributed by atoms with Crippen LogP contribution in [0.1, 0.15) is 69.8 Å². The van der Waals surface area contributed by atoms with E-state index in [0.29, 0.717) is 0 Å². The van der Waals surface area contributed by atoms with Crippen LogP contribution in [0.3, 0.4) is 0 Å². The number of hydrogen-bond acceptors (Lipinski definition) is 4. The standard InChI is InChI=1S/C28H37N5O2/c1-17-20(23-15-32-18(16-34)10-11-21(26(32)30-23)27(2,3)4)13-22(28(5,6)7)25-29-14-19(33(17)25)12-24(35)31(8)9/h10-11,13-15,34H,12,16H2,1-9H3. The van der Waals surface area contributed by atoms with Crippen molar-refractivity contribution >= 4 is 17.2 Å². The number of pyridine rings is 2. The molecular formula is C28H37N5O2. The summed E-state index contributed by atoms with van der Waals surface area (Å²) in [5, 5.41) is 10.00. The van der Waals surface area contributed by atoms with Gasteiger partial charge in [0.25, 0.3) is 0 Å². The highest BCUT2D eigenvalue weighted by Crippen LogP contribution is 2.35. The van der Waals surface area contributed by atoms with Crippen LogP contribution < -0.4 is 0 Å². The van der Waals surface area contributed by atoms with Crippen molar-refractivity contribution in [2.75, 3.05) is 14.1 Å². The third-order valence-electron chi connectivity index (χ3n) is 6.67. The summed E-state index contributed by atoms with van der Waals surface area (Å²) in [4.78, 5) is 24.0. The Hall–Kier alpha value is -3.19. The summed E-state index contributed by atoms with van der Waals surface area (Å²) in [6.07, 6.45) is 4.10. The second-order valence-electron chi connectivity index (χ2n) is 11.6. The number of likely N-dealkylation sites (N-methyl/N-ethyl adjacent to an activating group) is 1. The minimum Gasteiger partial charge on any atom is -0.390 e. The van der Waals surface area contributed by atoms with Crippen LogP contribution in [-0.4, -0.2) is 48.8 Å². The molecule has 0 aliphatic heterocycles. The van der Waals surface area contributed by atoms with E-state index in [0.717, 1.165) is 50.8 Å². The van der Waals surface area contributed by atoms with Gasteiger partial charge < -0.3 is 14.4 Å². The van der Waals surface area contributed by atoms with Crippen LogP contribution in [0.2, 0.25) is 0 Å². The average Bonchev–Trinajstić information content (AvgIpc) is 3.36. The fourth-order valence-electron chi connectivity index (χ4n) is 4.60.